The predicted octanol–water partition coefficient (Wildman–Crippen LogP) is 2.86. The average molecular weight is 319 g/mol. The number of hydrogen-bond acceptors (Lipinski definition) is 4. The summed E-state index contributed by atoms with van der Waals surface area (Å²) in [4.78, 5) is 16.0. The second kappa shape index (κ2) is 6.50. The zero-order valence-electron chi connectivity index (χ0n) is 10.2. The van der Waals surface area contributed by atoms with Crippen LogP contribution in [0.25, 0.3) is 0 Å². The van der Waals surface area contributed by atoms with Crippen molar-refractivity contribution in [3.05, 3.63) is 33.3 Å². The molecule has 0 aliphatic carbocycles. The quantitative estimate of drug-likeness (QED) is 0.927. The van der Waals surface area contributed by atoms with Gasteiger partial charge in [-0.1, -0.05) is 41.0 Å². The minimum Gasteiger partial charge on any atom is -0.481 e. The van der Waals surface area contributed by atoms with Gasteiger partial charge in [-0.3, -0.25) is 4.79 Å². The summed E-state index contributed by atoms with van der Waals surface area (Å²) in [5.74, 6) is 0.471. The Bertz CT molecular complexity index is 491. The highest BCUT2D eigenvalue weighted by atomic mass is 35.5. The van der Waals surface area contributed by atoms with Crippen LogP contribution in [0, 0.1) is 0 Å². The minimum absolute atomic E-state index is 0.0744. The van der Waals surface area contributed by atoms with Crippen LogP contribution >= 0.6 is 35.0 Å². The Balaban J connectivity index is 1.84. The molecule has 1 aliphatic heterocycles. The van der Waals surface area contributed by atoms with Crippen molar-refractivity contribution in [2.45, 2.75) is 18.2 Å². The van der Waals surface area contributed by atoms with Crippen molar-refractivity contribution in [2.24, 2.45) is 0 Å². The van der Waals surface area contributed by atoms with Crippen LogP contribution in [0.4, 0.5) is 0 Å². The van der Waals surface area contributed by atoms with Crippen LogP contribution in [-0.2, 0) is 11.3 Å². The van der Waals surface area contributed by atoms with Gasteiger partial charge in [-0.05, 0) is 5.56 Å². The topological polar surface area (TPSA) is 51.2 Å². The van der Waals surface area contributed by atoms with Gasteiger partial charge in [0.15, 0.2) is 0 Å². The first-order chi connectivity index (χ1) is 9.10. The highest BCUT2D eigenvalue weighted by Crippen LogP contribution is 2.41. The third-order valence-corrected chi connectivity index (χ3v) is 4.76. The van der Waals surface area contributed by atoms with E-state index >= 15 is 0 Å². The van der Waals surface area contributed by atoms with Gasteiger partial charge in [-0.25, -0.2) is 4.98 Å². The zero-order chi connectivity index (χ0) is 13.8. The van der Waals surface area contributed by atoms with Crippen LogP contribution in [0.2, 0.25) is 0 Å². The molecule has 102 valence electrons. The third kappa shape index (κ3) is 3.78. The van der Waals surface area contributed by atoms with E-state index in [0.717, 1.165) is 5.56 Å². The number of ether oxygens (including phenoxy) is 1. The summed E-state index contributed by atoms with van der Waals surface area (Å²) in [5.41, 5.74) is 0.905. The van der Waals surface area contributed by atoms with Gasteiger partial charge in [0, 0.05) is 30.3 Å². The van der Waals surface area contributed by atoms with Gasteiger partial charge in [-0.2, -0.15) is 0 Å². The van der Waals surface area contributed by atoms with Crippen LogP contribution in [0.1, 0.15) is 12.0 Å². The van der Waals surface area contributed by atoms with Gasteiger partial charge in [0.1, 0.15) is 0 Å². The molecule has 1 aromatic heterocycles. The summed E-state index contributed by atoms with van der Waals surface area (Å²) in [5, 5.41) is 3.14. The lowest BCUT2D eigenvalue weighted by Crippen LogP contribution is -2.31. The summed E-state index contributed by atoms with van der Waals surface area (Å²) >= 11 is 13.0. The second-order valence-electron chi connectivity index (χ2n) is 3.92. The van der Waals surface area contributed by atoms with Gasteiger partial charge >= 0.3 is 0 Å². The van der Waals surface area contributed by atoms with Crippen molar-refractivity contribution in [2.75, 3.05) is 7.11 Å². The number of hydrogen-bond donors (Lipinski definition) is 1. The normalized spacial score (nSPS) is 18.6. The number of amides is 1. The number of nitrogens with zero attached hydrogens (tertiary/aromatic N) is 1. The minimum atomic E-state index is -0.244. The van der Waals surface area contributed by atoms with Gasteiger partial charge in [-0.15, -0.1) is 0 Å². The fourth-order valence-electron chi connectivity index (χ4n) is 1.56. The molecule has 1 atom stereocenters. The Morgan fingerprint density at radius 2 is 2.37 bits per heavy atom. The molecule has 2 rings (SSSR count). The zero-order valence-corrected chi connectivity index (χ0v) is 12.5. The molecule has 1 unspecified atom stereocenters. The van der Waals surface area contributed by atoms with Crippen LogP contribution in [0.15, 0.2) is 27.7 Å². The molecule has 2 heterocycles. The molecule has 1 aliphatic rings. The Morgan fingerprint density at radius 1 is 1.58 bits per heavy atom. The third-order valence-electron chi connectivity index (χ3n) is 2.59. The monoisotopic (exact) mass is 318 g/mol. The smallest absolute Gasteiger partial charge is 0.234 e. The maximum Gasteiger partial charge on any atom is 0.234 e. The van der Waals surface area contributed by atoms with Crippen LogP contribution < -0.4 is 10.1 Å². The second-order valence-corrected chi connectivity index (χ2v) is 6.19. The van der Waals surface area contributed by atoms with E-state index in [0.29, 0.717) is 28.2 Å². The molecule has 0 aromatic carbocycles. The number of thioether (sulfide) groups is 1. The number of methoxy groups -OCH3 is 1. The molecule has 1 N–H and O–H groups in total. The first-order valence-corrected chi connectivity index (χ1v) is 7.21. The van der Waals surface area contributed by atoms with E-state index in [1.807, 2.05) is 6.07 Å². The van der Waals surface area contributed by atoms with E-state index in [1.54, 1.807) is 19.4 Å². The first kappa shape index (κ1) is 14.5. The maximum atomic E-state index is 11.9. The molecule has 4 nitrogen and oxygen atoms in total. The van der Waals surface area contributed by atoms with E-state index in [4.69, 9.17) is 27.9 Å². The number of allylic oxidation sites excluding steroid dienone is 1. The van der Waals surface area contributed by atoms with Gasteiger partial charge in [0.05, 0.1) is 16.7 Å². The van der Waals surface area contributed by atoms with Crippen molar-refractivity contribution in [1.82, 2.24) is 10.3 Å². The Labute approximate surface area is 125 Å². The summed E-state index contributed by atoms with van der Waals surface area (Å²) in [6.07, 6.45) is 2.15. The van der Waals surface area contributed by atoms with Crippen LogP contribution in [-0.4, -0.2) is 23.3 Å². The van der Waals surface area contributed by atoms with Crippen molar-refractivity contribution in [3.63, 3.8) is 0 Å². The van der Waals surface area contributed by atoms with Crippen molar-refractivity contribution in [3.8, 4) is 5.88 Å². The Kier molecular flexibility index (Phi) is 4.96. The van der Waals surface area contributed by atoms with Gasteiger partial charge in [0.25, 0.3) is 0 Å². The number of carbonyl (C=O) groups excluding carboxylic acids is 1. The highest BCUT2D eigenvalue weighted by Gasteiger charge is 2.28. The molecule has 1 aromatic rings. The van der Waals surface area contributed by atoms with E-state index < -0.39 is 0 Å². The standard InChI is InChI=1S/C12H12Cl2N2O2S/c1-18-10-3-2-7(5-15-10)6-16-12(17)9-4-8(13)11(14)19-9/h2-3,5,9H,4,6H2,1H3,(H,16,17). The molecular weight excluding hydrogens is 307 g/mol. The van der Waals surface area contributed by atoms with Gasteiger partial charge < -0.3 is 10.1 Å². The fraction of sp³-hybridized carbons (Fsp3) is 0.333. The van der Waals surface area contributed by atoms with Crippen molar-refractivity contribution in [1.29, 1.82) is 0 Å². The molecular formula is C12H12Cl2N2O2S. The SMILES string of the molecule is COc1ccc(CNC(=O)C2CC(Cl)=C(Cl)S2)cn1. The number of nitrogens with one attached hydrogen (secondary N) is 1. The molecule has 0 saturated carbocycles. The number of pyridine rings is 1. The molecule has 0 radical (unpaired) electrons. The molecule has 1 amide bonds. The van der Waals surface area contributed by atoms with E-state index in [9.17, 15) is 4.79 Å². The lowest BCUT2D eigenvalue weighted by Gasteiger charge is -2.10. The summed E-state index contributed by atoms with van der Waals surface area (Å²) in [7, 11) is 1.56. The van der Waals surface area contributed by atoms with Crippen molar-refractivity contribution < 1.29 is 9.53 Å². The molecule has 19 heavy (non-hydrogen) atoms. The van der Waals surface area contributed by atoms with Gasteiger partial charge in [0.2, 0.25) is 11.8 Å². The predicted molar refractivity (Wildman–Crippen MR) is 77.4 cm³/mol. The van der Waals surface area contributed by atoms with E-state index in [1.165, 1.54) is 11.8 Å². The lowest BCUT2D eigenvalue weighted by atomic mass is 10.2. The molecule has 0 bridgehead atoms. The number of halogens is 2. The number of rotatable bonds is 4. The van der Waals surface area contributed by atoms with Crippen LogP contribution in [0.5, 0.6) is 5.88 Å². The number of carbonyl (C=O) groups is 1. The fourth-order valence-corrected chi connectivity index (χ4v) is 3.24. The maximum absolute atomic E-state index is 11.9. The molecule has 0 spiro atoms. The van der Waals surface area contributed by atoms with Crippen molar-refractivity contribution >= 4 is 40.9 Å². The van der Waals surface area contributed by atoms with Crippen LogP contribution in [0.3, 0.4) is 0 Å². The lowest BCUT2D eigenvalue weighted by molar-refractivity contribution is -0.120. The molecule has 0 saturated heterocycles. The Hall–Kier alpha value is -0.910. The molecule has 0 fully saturated rings. The largest absolute Gasteiger partial charge is 0.481 e. The summed E-state index contributed by atoms with van der Waals surface area (Å²) in [6.45, 7) is 0.419. The van der Waals surface area contributed by atoms with E-state index in [2.05, 4.69) is 10.3 Å². The summed E-state index contributed by atoms with van der Waals surface area (Å²) < 4.78 is 5.47. The average Bonchev–Trinajstić information content (AvgIpc) is 2.77. The highest BCUT2D eigenvalue weighted by molar-refractivity contribution is 8.06. The van der Waals surface area contributed by atoms with E-state index in [-0.39, 0.29) is 11.2 Å². The Morgan fingerprint density at radius 3 is 2.89 bits per heavy atom. The molecule has 7 heteroatoms. The number of aromatic nitrogens is 1. The summed E-state index contributed by atoms with van der Waals surface area (Å²) in [6, 6.07) is 3.60. The first-order valence-electron chi connectivity index (χ1n) is 5.57.